The van der Waals surface area contributed by atoms with Crippen LogP contribution in [-0.4, -0.2) is 20.2 Å². The molecule has 0 radical (unpaired) electrons. The summed E-state index contributed by atoms with van der Waals surface area (Å²) < 4.78 is 0. The molecule has 1 aliphatic carbocycles. The fourth-order valence-corrected chi connectivity index (χ4v) is 2.88. The molecule has 0 aromatic carbocycles. The summed E-state index contributed by atoms with van der Waals surface area (Å²) in [4.78, 5) is 9.17. The van der Waals surface area contributed by atoms with Crippen LogP contribution >= 0.6 is 0 Å². The quantitative estimate of drug-likeness (QED) is 0.894. The largest absolute Gasteiger partial charge is 0.262 e. The Bertz CT molecular complexity index is 567. The molecule has 4 nitrogen and oxygen atoms in total. The number of rotatable bonds is 2. The molecule has 0 aliphatic heterocycles. The average Bonchev–Trinajstić information content (AvgIpc) is 2.89. The lowest BCUT2D eigenvalue weighted by Crippen LogP contribution is -2.06. The topological polar surface area (TPSA) is 54.5 Å². The summed E-state index contributed by atoms with van der Waals surface area (Å²) in [5.74, 6) is 2.40. The van der Waals surface area contributed by atoms with Crippen molar-refractivity contribution in [1.29, 1.82) is 0 Å². The third-order valence-corrected chi connectivity index (χ3v) is 3.96. The Balaban J connectivity index is 1.87. The molecule has 1 aliphatic rings. The van der Waals surface area contributed by atoms with Crippen LogP contribution in [0.25, 0.3) is 11.4 Å². The van der Waals surface area contributed by atoms with Gasteiger partial charge in [-0.25, -0.2) is 4.98 Å². The highest BCUT2D eigenvalue weighted by Gasteiger charge is 2.20. The third kappa shape index (κ3) is 2.53. The summed E-state index contributed by atoms with van der Waals surface area (Å²) in [6.07, 6.45) is 6.45. The number of aromatic nitrogens is 4. The van der Waals surface area contributed by atoms with Gasteiger partial charge in [0, 0.05) is 22.9 Å². The zero-order valence-electron chi connectivity index (χ0n) is 11.6. The van der Waals surface area contributed by atoms with Crippen molar-refractivity contribution in [3.8, 4) is 11.4 Å². The van der Waals surface area contributed by atoms with Crippen molar-refractivity contribution in [1.82, 2.24) is 20.2 Å². The maximum atomic E-state index is 4.69. The van der Waals surface area contributed by atoms with Gasteiger partial charge >= 0.3 is 0 Å². The molecule has 2 aromatic heterocycles. The first-order valence-electron chi connectivity index (χ1n) is 7.11. The monoisotopic (exact) mass is 256 g/mol. The number of nitrogens with zero attached hydrogens (tertiary/aromatic N) is 3. The van der Waals surface area contributed by atoms with Crippen molar-refractivity contribution in [3.05, 3.63) is 29.3 Å². The summed E-state index contributed by atoms with van der Waals surface area (Å²) in [5.41, 5.74) is 3.06. The molecule has 0 bridgehead atoms. The maximum Gasteiger partial charge on any atom is 0.182 e. The summed E-state index contributed by atoms with van der Waals surface area (Å²) in [7, 11) is 0. The number of aryl methyl sites for hydroxylation is 2. The number of nitrogens with one attached hydrogen (secondary N) is 1. The third-order valence-electron chi connectivity index (χ3n) is 3.96. The second kappa shape index (κ2) is 5.11. The van der Waals surface area contributed by atoms with Crippen LogP contribution in [0.2, 0.25) is 0 Å². The van der Waals surface area contributed by atoms with Crippen molar-refractivity contribution in [2.24, 2.45) is 0 Å². The minimum atomic E-state index is 0.564. The summed E-state index contributed by atoms with van der Waals surface area (Å²) >= 11 is 0. The van der Waals surface area contributed by atoms with Gasteiger partial charge in [-0.05, 0) is 38.8 Å². The average molecular weight is 256 g/mol. The Morgan fingerprint density at radius 2 is 1.84 bits per heavy atom. The van der Waals surface area contributed by atoms with Crippen LogP contribution in [0.3, 0.4) is 0 Å². The molecular formula is C15H20N4. The first kappa shape index (κ1) is 12.3. The van der Waals surface area contributed by atoms with Crippen molar-refractivity contribution >= 4 is 0 Å². The van der Waals surface area contributed by atoms with Crippen LogP contribution in [0, 0.1) is 13.8 Å². The van der Waals surface area contributed by atoms with E-state index in [1.807, 2.05) is 19.9 Å². The van der Waals surface area contributed by atoms with Crippen LogP contribution < -0.4 is 0 Å². The van der Waals surface area contributed by atoms with Crippen LogP contribution in [0.15, 0.2) is 12.1 Å². The van der Waals surface area contributed by atoms with Crippen LogP contribution in [-0.2, 0) is 0 Å². The normalized spacial score (nSPS) is 16.7. The second-order valence-electron chi connectivity index (χ2n) is 5.46. The maximum absolute atomic E-state index is 4.69. The fraction of sp³-hybridized carbons (Fsp3) is 0.533. The van der Waals surface area contributed by atoms with E-state index in [4.69, 9.17) is 0 Å². The lowest BCUT2D eigenvalue weighted by molar-refractivity contribution is 0.429. The SMILES string of the molecule is Cc1ccc(-c2n[nH]c(C3CCCCC3)n2)c(C)n1. The Morgan fingerprint density at radius 3 is 2.58 bits per heavy atom. The molecule has 1 N–H and O–H groups in total. The van der Waals surface area contributed by atoms with E-state index in [2.05, 4.69) is 26.2 Å². The zero-order valence-corrected chi connectivity index (χ0v) is 11.6. The number of hydrogen-bond donors (Lipinski definition) is 1. The first-order valence-corrected chi connectivity index (χ1v) is 7.11. The molecule has 0 unspecified atom stereocenters. The standard InChI is InChI=1S/C15H20N4/c1-10-8-9-13(11(2)16-10)15-17-14(18-19-15)12-6-4-3-5-7-12/h8-9,12H,3-7H2,1-2H3,(H,17,18,19). The van der Waals surface area contributed by atoms with Gasteiger partial charge in [0.25, 0.3) is 0 Å². The van der Waals surface area contributed by atoms with E-state index in [-0.39, 0.29) is 0 Å². The molecule has 1 fully saturated rings. The van der Waals surface area contributed by atoms with Crippen molar-refractivity contribution in [3.63, 3.8) is 0 Å². The van der Waals surface area contributed by atoms with E-state index in [0.29, 0.717) is 5.92 Å². The number of hydrogen-bond acceptors (Lipinski definition) is 3. The highest BCUT2D eigenvalue weighted by Crippen LogP contribution is 2.31. The van der Waals surface area contributed by atoms with Gasteiger partial charge in [-0.15, -0.1) is 0 Å². The molecule has 100 valence electrons. The van der Waals surface area contributed by atoms with Gasteiger partial charge in [0.15, 0.2) is 5.82 Å². The van der Waals surface area contributed by atoms with E-state index in [1.54, 1.807) is 0 Å². The van der Waals surface area contributed by atoms with Crippen LogP contribution in [0.1, 0.15) is 55.2 Å². The Hall–Kier alpha value is -1.71. The van der Waals surface area contributed by atoms with Gasteiger partial charge in [-0.3, -0.25) is 10.1 Å². The molecule has 2 heterocycles. The molecule has 0 saturated heterocycles. The van der Waals surface area contributed by atoms with Gasteiger partial charge in [0.2, 0.25) is 0 Å². The number of H-pyrrole nitrogens is 1. The summed E-state index contributed by atoms with van der Waals surface area (Å²) in [6, 6.07) is 4.07. The number of aromatic amines is 1. The first-order chi connectivity index (χ1) is 9.24. The zero-order chi connectivity index (χ0) is 13.2. The summed E-state index contributed by atoms with van der Waals surface area (Å²) in [5, 5.41) is 7.50. The fourth-order valence-electron chi connectivity index (χ4n) is 2.88. The second-order valence-corrected chi connectivity index (χ2v) is 5.46. The summed E-state index contributed by atoms with van der Waals surface area (Å²) in [6.45, 7) is 4.02. The molecule has 3 rings (SSSR count). The Labute approximate surface area is 113 Å². The van der Waals surface area contributed by atoms with Gasteiger partial charge in [0.1, 0.15) is 5.82 Å². The highest BCUT2D eigenvalue weighted by molar-refractivity contribution is 5.57. The van der Waals surface area contributed by atoms with Crippen LogP contribution in [0.4, 0.5) is 0 Å². The molecule has 0 amide bonds. The minimum Gasteiger partial charge on any atom is -0.262 e. The predicted octanol–water partition coefficient (Wildman–Crippen LogP) is 3.53. The molecule has 0 atom stereocenters. The van der Waals surface area contributed by atoms with Gasteiger partial charge < -0.3 is 0 Å². The lowest BCUT2D eigenvalue weighted by Gasteiger charge is -2.18. The predicted molar refractivity (Wildman–Crippen MR) is 74.9 cm³/mol. The van der Waals surface area contributed by atoms with Gasteiger partial charge in [-0.2, -0.15) is 5.10 Å². The Morgan fingerprint density at radius 1 is 1.05 bits per heavy atom. The minimum absolute atomic E-state index is 0.564. The Kier molecular flexibility index (Phi) is 3.32. The van der Waals surface area contributed by atoms with Gasteiger partial charge in [0.05, 0.1) is 0 Å². The van der Waals surface area contributed by atoms with Crippen LogP contribution in [0.5, 0.6) is 0 Å². The molecule has 0 spiro atoms. The van der Waals surface area contributed by atoms with Crippen molar-refractivity contribution in [2.75, 3.05) is 0 Å². The van der Waals surface area contributed by atoms with E-state index < -0.39 is 0 Å². The molecule has 2 aromatic rings. The highest BCUT2D eigenvalue weighted by atomic mass is 15.2. The van der Waals surface area contributed by atoms with Gasteiger partial charge in [-0.1, -0.05) is 19.3 Å². The molecule has 19 heavy (non-hydrogen) atoms. The smallest absolute Gasteiger partial charge is 0.182 e. The molecule has 4 heteroatoms. The van der Waals surface area contributed by atoms with E-state index in [9.17, 15) is 0 Å². The van der Waals surface area contributed by atoms with Crippen molar-refractivity contribution in [2.45, 2.75) is 51.9 Å². The molecule has 1 saturated carbocycles. The van der Waals surface area contributed by atoms with E-state index in [1.165, 1.54) is 32.1 Å². The van der Waals surface area contributed by atoms with Crippen molar-refractivity contribution < 1.29 is 0 Å². The molecular weight excluding hydrogens is 236 g/mol. The lowest BCUT2D eigenvalue weighted by atomic mass is 9.89. The van der Waals surface area contributed by atoms with E-state index in [0.717, 1.165) is 28.6 Å². The van der Waals surface area contributed by atoms with E-state index >= 15 is 0 Å². The number of pyridine rings is 1.